The van der Waals surface area contributed by atoms with Crippen LogP contribution in [0.3, 0.4) is 0 Å². The molecule has 0 fully saturated rings. The Morgan fingerprint density at radius 3 is 2.24 bits per heavy atom. The van der Waals surface area contributed by atoms with Gasteiger partial charge in [0.25, 0.3) is 0 Å². The van der Waals surface area contributed by atoms with Gasteiger partial charge in [0.15, 0.2) is 5.78 Å². The molecule has 1 aliphatic carbocycles. The number of carbonyl (C=O) groups excluding carboxylic acids is 3. The number of Topliss-reactive ketones (excluding diaryl/α,β-unsaturated/α-hetero) is 1. The van der Waals surface area contributed by atoms with E-state index in [9.17, 15) is 14.4 Å². The summed E-state index contributed by atoms with van der Waals surface area (Å²) in [6.45, 7) is 8.70. The summed E-state index contributed by atoms with van der Waals surface area (Å²) < 4.78 is 10.0. The lowest BCUT2D eigenvalue weighted by Gasteiger charge is -2.24. The molecular weight excluding hydrogens is 272 g/mol. The maximum absolute atomic E-state index is 12.2. The molecule has 0 bridgehead atoms. The predicted octanol–water partition coefficient (Wildman–Crippen LogP) is 2.56. The zero-order valence-electron chi connectivity index (χ0n) is 13.4. The zero-order valence-corrected chi connectivity index (χ0v) is 13.4. The number of ether oxygens (including phenoxy) is 2. The molecule has 5 nitrogen and oxygen atoms in total. The third-order valence-corrected chi connectivity index (χ3v) is 3.10. The molecule has 0 heterocycles. The van der Waals surface area contributed by atoms with Crippen LogP contribution in [0.4, 0.5) is 0 Å². The maximum atomic E-state index is 12.2. The van der Waals surface area contributed by atoms with Gasteiger partial charge in [-0.15, -0.1) is 0 Å². The summed E-state index contributed by atoms with van der Waals surface area (Å²) in [5, 5.41) is 0. The van der Waals surface area contributed by atoms with Crippen LogP contribution in [0.5, 0.6) is 0 Å². The molecular formula is C16H22O5. The maximum Gasteiger partial charge on any atom is 0.316 e. The Balaban J connectivity index is 3.21. The van der Waals surface area contributed by atoms with Crippen LogP contribution in [0.1, 0.15) is 41.0 Å². The van der Waals surface area contributed by atoms with E-state index >= 15 is 0 Å². The standard InChI is InChI=1S/C16H22O5/c1-9(2)13-11(17)7-10(14(18)20-6)8-12(13)21-15(19)16(3,4)5/h8,10H,7H2,1-6H3. The summed E-state index contributed by atoms with van der Waals surface area (Å²) in [7, 11) is 1.26. The number of ketones is 1. The van der Waals surface area contributed by atoms with E-state index in [1.165, 1.54) is 13.2 Å². The number of carbonyl (C=O) groups is 3. The highest BCUT2D eigenvalue weighted by Crippen LogP contribution is 2.31. The summed E-state index contributed by atoms with van der Waals surface area (Å²) >= 11 is 0. The monoisotopic (exact) mass is 294 g/mol. The number of allylic oxidation sites excluding steroid dienone is 2. The summed E-state index contributed by atoms with van der Waals surface area (Å²) in [5.41, 5.74) is 0.415. The second-order valence-corrected chi connectivity index (χ2v) is 6.30. The molecule has 0 aromatic heterocycles. The molecule has 0 saturated carbocycles. The van der Waals surface area contributed by atoms with Crippen molar-refractivity contribution in [2.24, 2.45) is 11.3 Å². The molecule has 1 aliphatic rings. The third kappa shape index (κ3) is 4.03. The molecule has 0 amide bonds. The first-order chi connectivity index (χ1) is 9.57. The minimum Gasteiger partial charge on any atom is -0.469 e. The molecule has 0 aliphatic heterocycles. The lowest BCUT2D eigenvalue weighted by atomic mass is 9.87. The van der Waals surface area contributed by atoms with Crippen LogP contribution in [0.15, 0.2) is 23.0 Å². The minimum atomic E-state index is -0.714. The quantitative estimate of drug-likeness (QED) is 0.578. The van der Waals surface area contributed by atoms with Crippen molar-refractivity contribution in [3.63, 3.8) is 0 Å². The topological polar surface area (TPSA) is 69.7 Å². The van der Waals surface area contributed by atoms with Gasteiger partial charge in [-0.25, -0.2) is 0 Å². The highest BCUT2D eigenvalue weighted by atomic mass is 16.5. The molecule has 0 spiro atoms. The third-order valence-electron chi connectivity index (χ3n) is 3.10. The number of hydrogen-bond donors (Lipinski definition) is 0. The molecule has 1 unspecified atom stereocenters. The highest BCUT2D eigenvalue weighted by Gasteiger charge is 2.34. The molecule has 21 heavy (non-hydrogen) atoms. The molecule has 0 radical (unpaired) electrons. The lowest BCUT2D eigenvalue weighted by molar-refractivity contribution is -0.150. The van der Waals surface area contributed by atoms with E-state index in [2.05, 4.69) is 4.74 Å². The Bertz CT molecular complexity index is 527. The first-order valence-electron chi connectivity index (χ1n) is 6.81. The van der Waals surface area contributed by atoms with Crippen molar-refractivity contribution in [2.75, 3.05) is 7.11 Å². The molecule has 0 aromatic carbocycles. The van der Waals surface area contributed by atoms with Crippen molar-refractivity contribution in [3.8, 4) is 0 Å². The van der Waals surface area contributed by atoms with Crippen molar-refractivity contribution in [1.29, 1.82) is 0 Å². The van der Waals surface area contributed by atoms with Crippen molar-refractivity contribution in [3.05, 3.63) is 23.0 Å². The van der Waals surface area contributed by atoms with E-state index in [0.717, 1.165) is 5.57 Å². The van der Waals surface area contributed by atoms with E-state index in [4.69, 9.17) is 4.74 Å². The van der Waals surface area contributed by atoms with Crippen LogP contribution in [-0.2, 0) is 23.9 Å². The Labute approximate surface area is 125 Å². The normalized spacial score (nSPS) is 19.0. The Morgan fingerprint density at radius 1 is 1.24 bits per heavy atom. The van der Waals surface area contributed by atoms with Crippen LogP contribution >= 0.6 is 0 Å². The lowest BCUT2D eigenvalue weighted by Crippen LogP contribution is -2.29. The van der Waals surface area contributed by atoms with Crippen LogP contribution in [0, 0.1) is 11.3 Å². The van der Waals surface area contributed by atoms with E-state index in [1.807, 2.05) is 0 Å². The Hall–Kier alpha value is -1.91. The van der Waals surface area contributed by atoms with Gasteiger partial charge >= 0.3 is 11.9 Å². The minimum absolute atomic E-state index is 0.0315. The fourth-order valence-corrected chi connectivity index (χ4v) is 1.93. The second-order valence-electron chi connectivity index (χ2n) is 6.30. The summed E-state index contributed by atoms with van der Waals surface area (Å²) in [5.74, 6) is -1.74. The molecule has 1 atom stereocenters. The molecule has 116 valence electrons. The Kier molecular flexibility index (Phi) is 5.10. The largest absolute Gasteiger partial charge is 0.469 e. The molecule has 1 rings (SSSR count). The van der Waals surface area contributed by atoms with Crippen LogP contribution in [0.25, 0.3) is 0 Å². The van der Waals surface area contributed by atoms with Crippen molar-refractivity contribution in [2.45, 2.75) is 41.0 Å². The van der Waals surface area contributed by atoms with Crippen molar-refractivity contribution in [1.82, 2.24) is 0 Å². The first-order valence-corrected chi connectivity index (χ1v) is 6.81. The fraction of sp³-hybridized carbons (Fsp3) is 0.562. The van der Waals surface area contributed by atoms with Crippen LogP contribution in [0.2, 0.25) is 0 Å². The highest BCUT2D eigenvalue weighted by molar-refractivity contribution is 6.04. The van der Waals surface area contributed by atoms with Gasteiger partial charge in [-0.1, -0.05) is 5.57 Å². The SMILES string of the molecule is COC(=O)C1C=C(OC(=O)C(C)(C)C)C(=C(C)C)C(=O)C1. The van der Waals surface area contributed by atoms with Crippen molar-refractivity contribution >= 4 is 17.7 Å². The second kappa shape index (κ2) is 6.24. The molecule has 0 N–H and O–H groups in total. The number of methoxy groups -OCH3 is 1. The van der Waals surface area contributed by atoms with Gasteiger partial charge in [-0.2, -0.15) is 0 Å². The van der Waals surface area contributed by atoms with Gasteiger partial charge in [0, 0.05) is 6.42 Å². The van der Waals surface area contributed by atoms with Gasteiger partial charge in [0.1, 0.15) is 5.76 Å². The van der Waals surface area contributed by atoms with Gasteiger partial charge in [-0.3, -0.25) is 14.4 Å². The van der Waals surface area contributed by atoms with E-state index < -0.39 is 23.3 Å². The fourth-order valence-electron chi connectivity index (χ4n) is 1.93. The summed E-state index contributed by atoms with van der Waals surface area (Å²) in [4.78, 5) is 35.9. The molecule has 0 aromatic rings. The van der Waals surface area contributed by atoms with Gasteiger partial charge in [0.2, 0.25) is 0 Å². The average Bonchev–Trinajstić information content (AvgIpc) is 2.35. The van der Waals surface area contributed by atoms with E-state index in [1.54, 1.807) is 34.6 Å². The van der Waals surface area contributed by atoms with Gasteiger partial charge < -0.3 is 9.47 Å². The predicted molar refractivity (Wildman–Crippen MR) is 77.1 cm³/mol. The number of hydrogen-bond acceptors (Lipinski definition) is 5. The first kappa shape index (κ1) is 17.1. The van der Waals surface area contributed by atoms with E-state index in [-0.39, 0.29) is 18.0 Å². The van der Waals surface area contributed by atoms with Crippen LogP contribution < -0.4 is 0 Å². The molecule has 5 heteroatoms. The van der Waals surface area contributed by atoms with Crippen molar-refractivity contribution < 1.29 is 23.9 Å². The van der Waals surface area contributed by atoms with Gasteiger partial charge in [-0.05, 0) is 40.7 Å². The molecule has 0 saturated heterocycles. The van der Waals surface area contributed by atoms with Gasteiger partial charge in [0.05, 0.1) is 24.0 Å². The summed E-state index contributed by atoms with van der Waals surface area (Å²) in [6, 6.07) is 0. The number of esters is 2. The smallest absolute Gasteiger partial charge is 0.316 e. The zero-order chi connectivity index (χ0) is 16.4. The summed E-state index contributed by atoms with van der Waals surface area (Å²) in [6.07, 6.45) is 1.53. The number of rotatable bonds is 2. The Morgan fingerprint density at radius 2 is 1.81 bits per heavy atom. The van der Waals surface area contributed by atoms with Crippen LogP contribution in [-0.4, -0.2) is 24.8 Å². The average molecular weight is 294 g/mol. The van der Waals surface area contributed by atoms with E-state index in [0.29, 0.717) is 5.57 Å².